The molecule has 0 aliphatic heterocycles. The average Bonchev–Trinajstić information content (AvgIpc) is 1.85. The van der Waals surface area contributed by atoms with E-state index in [0.29, 0.717) is 0 Å². The number of allylic oxidation sites excluding steroid dienone is 1. The molecule has 62 valence electrons. The van der Waals surface area contributed by atoms with Crippen LogP contribution < -0.4 is 0 Å². The standard InChI is InChI=1S/C6H8F2NOP/c1-2-9-5-3-4-6-11(7,8)10/h3-4H,1,5-6H2/b4-3+. The minimum absolute atomic E-state index is 0.253. The first-order valence-electron chi connectivity index (χ1n) is 2.88. The van der Waals surface area contributed by atoms with Gasteiger partial charge in [0.1, 0.15) is 0 Å². The lowest BCUT2D eigenvalue weighted by atomic mass is 10.5. The maximum Gasteiger partial charge on any atom is 0.406 e. The molecule has 0 heterocycles. The molecule has 0 radical (unpaired) electrons. The van der Waals surface area contributed by atoms with Crippen molar-refractivity contribution in [3.8, 4) is 0 Å². The van der Waals surface area contributed by atoms with Gasteiger partial charge in [0, 0.05) is 0 Å². The van der Waals surface area contributed by atoms with Gasteiger partial charge in [0.15, 0.2) is 0 Å². The fraction of sp³-hybridized carbons (Fsp3) is 0.333. The van der Waals surface area contributed by atoms with E-state index in [-0.39, 0.29) is 6.54 Å². The summed E-state index contributed by atoms with van der Waals surface area (Å²) in [4.78, 5) is 3.51. The Hall–Kier alpha value is -0.720. The van der Waals surface area contributed by atoms with Crippen LogP contribution in [0.25, 0.3) is 0 Å². The number of nitrogens with zero attached hydrogens (tertiary/aromatic N) is 1. The van der Waals surface area contributed by atoms with Gasteiger partial charge < -0.3 is 0 Å². The van der Waals surface area contributed by atoms with Gasteiger partial charge in [-0.1, -0.05) is 12.2 Å². The minimum Gasteiger partial charge on any atom is -0.250 e. The van der Waals surface area contributed by atoms with Gasteiger partial charge in [0.05, 0.1) is 12.7 Å². The molecule has 0 aromatic heterocycles. The maximum absolute atomic E-state index is 11.7. The SMILES string of the molecule is C=C=NC/C=C/CP(=O)(F)F. The summed E-state index contributed by atoms with van der Waals surface area (Å²) >= 11 is 0. The summed E-state index contributed by atoms with van der Waals surface area (Å²) in [5, 5.41) is 0. The fourth-order valence-corrected chi connectivity index (χ4v) is 0.784. The number of aliphatic imine (C=N–C) groups is 1. The Morgan fingerprint density at radius 2 is 2.18 bits per heavy atom. The van der Waals surface area contributed by atoms with E-state index in [9.17, 15) is 13.0 Å². The zero-order valence-corrected chi connectivity index (χ0v) is 6.73. The van der Waals surface area contributed by atoms with Crippen LogP contribution in [0.15, 0.2) is 23.7 Å². The van der Waals surface area contributed by atoms with E-state index in [1.165, 1.54) is 6.08 Å². The Labute approximate surface area is 63.9 Å². The number of rotatable bonds is 4. The molecule has 0 saturated heterocycles. The van der Waals surface area contributed by atoms with E-state index in [1.807, 2.05) is 0 Å². The minimum atomic E-state index is -4.88. The number of hydrogen-bond donors (Lipinski definition) is 0. The van der Waals surface area contributed by atoms with Crippen molar-refractivity contribution in [1.82, 2.24) is 0 Å². The number of hydrogen-bond acceptors (Lipinski definition) is 2. The largest absolute Gasteiger partial charge is 0.406 e. The topological polar surface area (TPSA) is 29.4 Å². The summed E-state index contributed by atoms with van der Waals surface area (Å²) in [7, 11) is -4.88. The zero-order valence-electron chi connectivity index (χ0n) is 5.83. The molecule has 0 atom stereocenters. The highest BCUT2D eigenvalue weighted by molar-refractivity contribution is 7.53. The Morgan fingerprint density at radius 1 is 1.55 bits per heavy atom. The lowest BCUT2D eigenvalue weighted by Crippen LogP contribution is -1.74. The molecule has 0 aliphatic carbocycles. The van der Waals surface area contributed by atoms with Gasteiger partial charge in [-0.3, -0.25) is 0 Å². The van der Waals surface area contributed by atoms with Crippen LogP contribution in [-0.2, 0) is 4.57 Å². The van der Waals surface area contributed by atoms with Crippen molar-refractivity contribution < 1.29 is 13.0 Å². The third kappa shape index (κ3) is 9.28. The monoisotopic (exact) mass is 179 g/mol. The summed E-state index contributed by atoms with van der Waals surface area (Å²) in [5.74, 6) is 2.23. The highest BCUT2D eigenvalue weighted by atomic mass is 31.2. The van der Waals surface area contributed by atoms with Crippen LogP contribution >= 0.6 is 7.76 Å². The van der Waals surface area contributed by atoms with Crippen LogP contribution in [0.2, 0.25) is 0 Å². The second kappa shape index (κ2) is 5.00. The lowest BCUT2D eigenvalue weighted by Gasteiger charge is -1.89. The Bertz CT molecular complexity index is 227. The summed E-state index contributed by atoms with van der Waals surface area (Å²) in [6, 6.07) is 0. The summed E-state index contributed by atoms with van der Waals surface area (Å²) < 4.78 is 33.2. The van der Waals surface area contributed by atoms with Crippen LogP contribution in [0.1, 0.15) is 0 Å². The van der Waals surface area contributed by atoms with Crippen LogP contribution in [0.5, 0.6) is 0 Å². The normalized spacial score (nSPS) is 11.5. The molecule has 0 N–H and O–H groups in total. The highest BCUT2D eigenvalue weighted by Crippen LogP contribution is 2.48. The van der Waals surface area contributed by atoms with Gasteiger partial charge in [-0.25, -0.2) is 9.56 Å². The molecule has 0 aliphatic rings. The van der Waals surface area contributed by atoms with Crippen LogP contribution in [0, 0.1) is 0 Å². The Morgan fingerprint density at radius 3 is 2.64 bits per heavy atom. The molecule has 0 aromatic rings. The van der Waals surface area contributed by atoms with Crippen molar-refractivity contribution >= 4 is 13.6 Å². The smallest absolute Gasteiger partial charge is 0.250 e. The molecule has 2 nitrogen and oxygen atoms in total. The molecular formula is C6H8F2NOP. The Balaban J connectivity index is 3.62. The van der Waals surface area contributed by atoms with Gasteiger partial charge in [-0.15, -0.1) is 0 Å². The third-order valence-electron chi connectivity index (χ3n) is 0.793. The molecule has 11 heavy (non-hydrogen) atoms. The van der Waals surface area contributed by atoms with Gasteiger partial charge in [0.2, 0.25) is 0 Å². The fourth-order valence-electron chi connectivity index (χ4n) is 0.389. The number of halogens is 2. The van der Waals surface area contributed by atoms with Crippen molar-refractivity contribution in [2.24, 2.45) is 4.99 Å². The van der Waals surface area contributed by atoms with E-state index in [1.54, 1.807) is 0 Å². The average molecular weight is 179 g/mol. The molecule has 0 fully saturated rings. The highest BCUT2D eigenvalue weighted by Gasteiger charge is 2.14. The lowest BCUT2D eigenvalue weighted by molar-refractivity contribution is 0.498. The molecule has 0 aromatic carbocycles. The predicted molar refractivity (Wildman–Crippen MR) is 41.8 cm³/mol. The molecule has 0 spiro atoms. The molecule has 0 unspecified atom stereocenters. The summed E-state index contributed by atoms with van der Waals surface area (Å²) in [6.07, 6.45) is 1.85. The van der Waals surface area contributed by atoms with E-state index >= 15 is 0 Å². The summed E-state index contributed by atoms with van der Waals surface area (Å²) in [6.45, 7) is 3.43. The van der Waals surface area contributed by atoms with Crippen molar-refractivity contribution in [1.29, 1.82) is 0 Å². The first-order chi connectivity index (χ1) is 5.06. The first-order valence-corrected chi connectivity index (χ1v) is 4.55. The summed E-state index contributed by atoms with van der Waals surface area (Å²) in [5.41, 5.74) is 0. The first kappa shape index (κ1) is 10.3. The Kier molecular flexibility index (Phi) is 4.67. The molecule has 0 rings (SSSR count). The molecule has 0 amide bonds. The van der Waals surface area contributed by atoms with Gasteiger partial charge in [-0.05, 0) is 12.4 Å². The maximum atomic E-state index is 11.7. The van der Waals surface area contributed by atoms with Crippen molar-refractivity contribution in [3.05, 3.63) is 18.7 Å². The molecule has 0 saturated carbocycles. The van der Waals surface area contributed by atoms with Crippen molar-refractivity contribution in [2.75, 3.05) is 12.7 Å². The van der Waals surface area contributed by atoms with E-state index in [0.717, 1.165) is 6.08 Å². The quantitative estimate of drug-likeness (QED) is 0.370. The van der Waals surface area contributed by atoms with Crippen LogP contribution in [0.4, 0.5) is 8.39 Å². The van der Waals surface area contributed by atoms with E-state index in [4.69, 9.17) is 0 Å². The van der Waals surface area contributed by atoms with Gasteiger partial charge >= 0.3 is 7.76 Å². The van der Waals surface area contributed by atoms with Crippen molar-refractivity contribution in [3.63, 3.8) is 0 Å². The molecule has 0 bridgehead atoms. The van der Waals surface area contributed by atoms with E-state index in [2.05, 4.69) is 17.4 Å². The van der Waals surface area contributed by atoms with Crippen molar-refractivity contribution in [2.45, 2.75) is 0 Å². The second-order valence-corrected chi connectivity index (χ2v) is 3.23. The van der Waals surface area contributed by atoms with E-state index < -0.39 is 13.9 Å². The third-order valence-corrected chi connectivity index (χ3v) is 1.43. The molecular weight excluding hydrogens is 171 g/mol. The van der Waals surface area contributed by atoms with Gasteiger partial charge in [-0.2, -0.15) is 8.39 Å². The van der Waals surface area contributed by atoms with Crippen LogP contribution in [-0.4, -0.2) is 18.6 Å². The van der Waals surface area contributed by atoms with Crippen LogP contribution in [0.3, 0.4) is 0 Å². The second-order valence-electron chi connectivity index (χ2n) is 1.72. The van der Waals surface area contributed by atoms with Gasteiger partial charge in [0.25, 0.3) is 0 Å². The molecule has 5 heteroatoms. The zero-order chi connectivity index (χ0) is 8.74. The predicted octanol–water partition coefficient (Wildman–Crippen LogP) is 2.53.